The summed E-state index contributed by atoms with van der Waals surface area (Å²) >= 11 is 1.62. The van der Waals surface area contributed by atoms with Gasteiger partial charge in [0, 0.05) is 11.0 Å². The van der Waals surface area contributed by atoms with E-state index >= 15 is 0 Å². The maximum Gasteiger partial charge on any atom is 0.244 e. The molecule has 1 aliphatic carbocycles. The van der Waals surface area contributed by atoms with Gasteiger partial charge in [-0.3, -0.25) is 4.79 Å². The largest absolute Gasteiger partial charge is 0.391 e. The molecule has 98 valence electrons. The highest BCUT2D eigenvalue weighted by Gasteiger charge is 2.23. The van der Waals surface area contributed by atoms with Crippen LogP contribution in [0.1, 0.15) is 36.1 Å². The Balaban J connectivity index is 1.88. The van der Waals surface area contributed by atoms with Crippen molar-refractivity contribution in [2.24, 2.45) is 0 Å². The SMILES string of the molecule is Cc1ccsc1/C=C/C(=O)N[C@H]1CCCC[C@@H]1O. The summed E-state index contributed by atoms with van der Waals surface area (Å²) in [5.74, 6) is -0.117. The van der Waals surface area contributed by atoms with Gasteiger partial charge in [0.05, 0.1) is 12.1 Å². The molecule has 2 atom stereocenters. The Morgan fingerprint density at radius 3 is 2.94 bits per heavy atom. The standard InChI is InChI=1S/C14H19NO2S/c1-10-8-9-18-13(10)6-7-14(17)15-11-4-2-3-5-12(11)16/h6-9,11-12,16H,2-5H2,1H3,(H,15,17)/b7-6+/t11-,12-/m0/s1. The van der Waals surface area contributed by atoms with Crippen LogP contribution < -0.4 is 5.32 Å². The quantitative estimate of drug-likeness (QED) is 0.825. The summed E-state index contributed by atoms with van der Waals surface area (Å²) in [4.78, 5) is 12.9. The summed E-state index contributed by atoms with van der Waals surface area (Å²) in [7, 11) is 0. The highest BCUT2D eigenvalue weighted by Crippen LogP contribution is 2.19. The monoisotopic (exact) mass is 265 g/mol. The van der Waals surface area contributed by atoms with Gasteiger partial charge >= 0.3 is 0 Å². The van der Waals surface area contributed by atoms with Crippen LogP contribution in [0.4, 0.5) is 0 Å². The number of aryl methyl sites for hydroxylation is 1. The van der Waals surface area contributed by atoms with Crippen LogP contribution in [-0.2, 0) is 4.79 Å². The second-order valence-corrected chi connectivity index (χ2v) is 5.72. The van der Waals surface area contributed by atoms with Crippen molar-refractivity contribution in [1.29, 1.82) is 0 Å². The molecule has 1 saturated carbocycles. The molecule has 0 saturated heterocycles. The fourth-order valence-electron chi connectivity index (χ4n) is 2.22. The number of thiophene rings is 1. The Kier molecular flexibility index (Phi) is 4.55. The minimum atomic E-state index is -0.389. The second kappa shape index (κ2) is 6.16. The highest BCUT2D eigenvalue weighted by molar-refractivity contribution is 7.11. The van der Waals surface area contributed by atoms with E-state index in [-0.39, 0.29) is 18.1 Å². The molecule has 0 bridgehead atoms. The van der Waals surface area contributed by atoms with Gasteiger partial charge in [0.25, 0.3) is 0 Å². The molecule has 0 unspecified atom stereocenters. The maximum absolute atomic E-state index is 11.8. The number of aliphatic hydroxyl groups excluding tert-OH is 1. The van der Waals surface area contributed by atoms with Gasteiger partial charge in [-0.05, 0) is 42.9 Å². The molecule has 1 aromatic heterocycles. The van der Waals surface area contributed by atoms with Crippen molar-refractivity contribution in [3.8, 4) is 0 Å². The number of hydrogen-bond acceptors (Lipinski definition) is 3. The molecule has 1 fully saturated rings. The van der Waals surface area contributed by atoms with Crippen molar-refractivity contribution in [2.75, 3.05) is 0 Å². The van der Waals surface area contributed by atoms with Crippen LogP contribution in [0.5, 0.6) is 0 Å². The molecule has 0 aromatic carbocycles. The van der Waals surface area contributed by atoms with E-state index in [1.807, 2.05) is 24.4 Å². The van der Waals surface area contributed by atoms with Crippen LogP contribution in [0.2, 0.25) is 0 Å². The first-order chi connectivity index (χ1) is 8.66. The lowest BCUT2D eigenvalue weighted by Crippen LogP contribution is -2.44. The van der Waals surface area contributed by atoms with Crippen molar-refractivity contribution < 1.29 is 9.90 Å². The molecule has 1 heterocycles. The molecule has 4 heteroatoms. The average Bonchev–Trinajstić information content (AvgIpc) is 2.75. The van der Waals surface area contributed by atoms with Crippen molar-refractivity contribution in [1.82, 2.24) is 5.32 Å². The van der Waals surface area contributed by atoms with E-state index in [1.54, 1.807) is 17.4 Å². The molecule has 2 N–H and O–H groups in total. The summed E-state index contributed by atoms with van der Waals surface area (Å²) in [6.45, 7) is 2.03. The van der Waals surface area contributed by atoms with E-state index in [2.05, 4.69) is 5.32 Å². The topological polar surface area (TPSA) is 49.3 Å². The first-order valence-corrected chi connectivity index (χ1v) is 7.25. The molecule has 18 heavy (non-hydrogen) atoms. The Morgan fingerprint density at radius 2 is 2.28 bits per heavy atom. The number of carbonyl (C=O) groups excluding carboxylic acids is 1. The number of hydrogen-bond donors (Lipinski definition) is 2. The minimum Gasteiger partial charge on any atom is -0.391 e. The van der Waals surface area contributed by atoms with Gasteiger partial charge in [0.15, 0.2) is 0 Å². The Bertz CT molecular complexity index is 439. The summed E-state index contributed by atoms with van der Waals surface area (Å²) in [6.07, 6.45) is 6.80. The van der Waals surface area contributed by atoms with Gasteiger partial charge in [-0.2, -0.15) is 0 Å². The predicted molar refractivity (Wildman–Crippen MR) is 74.5 cm³/mol. The van der Waals surface area contributed by atoms with Crippen LogP contribution in [0.3, 0.4) is 0 Å². The highest BCUT2D eigenvalue weighted by atomic mass is 32.1. The summed E-state index contributed by atoms with van der Waals surface area (Å²) in [5, 5.41) is 14.7. The third-order valence-electron chi connectivity index (χ3n) is 3.34. The summed E-state index contributed by atoms with van der Waals surface area (Å²) < 4.78 is 0. The predicted octanol–water partition coefficient (Wildman–Crippen LogP) is 2.49. The van der Waals surface area contributed by atoms with Gasteiger partial charge in [-0.1, -0.05) is 12.8 Å². The number of rotatable bonds is 3. The van der Waals surface area contributed by atoms with E-state index in [4.69, 9.17) is 0 Å². The lowest BCUT2D eigenvalue weighted by Gasteiger charge is -2.27. The van der Waals surface area contributed by atoms with Gasteiger partial charge in [0.1, 0.15) is 0 Å². The molecule has 0 spiro atoms. The summed E-state index contributed by atoms with van der Waals surface area (Å²) in [6, 6.07) is 1.95. The summed E-state index contributed by atoms with van der Waals surface area (Å²) in [5.41, 5.74) is 1.18. The van der Waals surface area contributed by atoms with E-state index in [1.165, 1.54) is 5.56 Å². The Labute approximate surface area is 112 Å². The fourth-order valence-corrected chi connectivity index (χ4v) is 3.04. The zero-order valence-corrected chi connectivity index (χ0v) is 11.4. The Morgan fingerprint density at radius 1 is 1.50 bits per heavy atom. The molecule has 1 aliphatic rings. The lowest BCUT2D eigenvalue weighted by atomic mass is 9.92. The normalized spacial score (nSPS) is 24.3. The van der Waals surface area contributed by atoms with Gasteiger partial charge < -0.3 is 10.4 Å². The van der Waals surface area contributed by atoms with E-state index in [0.29, 0.717) is 0 Å². The molecular formula is C14H19NO2S. The van der Waals surface area contributed by atoms with Crippen molar-refractivity contribution in [2.45, 2.75) is 44.8 Å². The smallest absolute Gasteiger partial charge is 0.244 e. The van der Waals surface area contributed by atoms with Crippen molar-refractivity contribution in [3.05, 3.63) is 28.0 Å². The van der Waals surface area contributed by atoms with Crippen LogP contribution >= 0.6 is 11.3 Å². The second-order valence-electron chi connectivity index (χ2n) is 4.77. The van der Waals surface area contributed by atoms with Crippen LogP contribution in [0, 0.1) is 6.92 Å². The number of amides is 1. The molecule has 0 aliphatic heterocycles. The lowest BCUT2D eigenvalue weighted by molar-refractivity contribution is -0.118. The molecular weight excluding hydrogens is 246 g/mol. The molecule has 0 radical (unpaired) electrons. The van der Waals surface area contributed by atoms with Crippen LogP contribution in [-0.4, -0.2) is 23.2 Å². The molecule has 1 aromatic rings. The first-order valence-electron chi connectivity index (χ1n) is 6.37. The molecule has 2 rings (SSSR count). The fraction of sp³-hybridized carbons (Fsp3) is 0.500. The average molecular weight is 265 g/mol. The van der Waals surface area contributed by atoms with E-state index < -0.39 is 0 Å². The van der Waals surface area contributed by atoms with Crippen LogP contribution in [0.25, 0.3) is 6.08 Å². The van der Waals surface area contributed by atoms with E-state index in [0.717, 1.165) is 30.6 Å². The zero-order chi connectivity index (χ0) is 13.0. The minimum absolute atomic E-state index is 0.0830. The van der Waals surface area contributed by atoms with Crippen molar-refractivity contribution in [3.63, 3.8) is 0 Å². The van der Waals surface area contributed by atoms with E-state index in [9.17, 15) is 9.90 Å². The van der Waals surface area contributed by atoms with Crippen molar-refractivity contribution >= 4 is 23.3 Å². The Hall–Kier alpha value is -1.13. The zero-order valence-electron chi connectivity index (χ0n) is 10.6. The van der Waals surface area contributed by atoms with Gasteiger partial charge in [0.2, 0.25) is 5.91 Å². The first kappa shape index (κ1) is 13.3. The number of carbonyl (C=O) groups is 1. The number of aliphatic hydroxyl groups is 1. The third kappa shape index (κ3) is 3.43. The van der Waals surface area contributed by atoms with Gasteiger partial charge in [-0.25, -0.2) is 0 Å². The maximum atomic E-state index is 11.8. The molecule has 1 amide bonds. The van der Waals surface area contributed by atoms with Crippen LogP contribution in [0.15, 0.2) is 17.5 Å². The molecule has 3 nitrogen and oxygen atoms in total. The number of nitrogens with one attached hydrogen (secondary N) is 1. The third-order valence-corrected chi connectivity index (χ3v) is 4.33. The van der Waals surface area contributed by atoms with Gasteiger partial charge in [-0.15, -0.1) is 11.3 Å².